The van der Waals surface area contributed by atoms with Crippen LogP contribution in [-0.2, 0) is 14.8 Å². The van der Waals surface area contributed by atoms with Crippen LogP contribution in [0.15, 0.2) is 23.4 Å². The van der Waals surface area contributed by atoms with Gasteiger partial charge in [0.25, 0.3) is 6.43 Å². The number of fused-ring (bicyclic) bond motifs is 1. The Morgan fingerprint density at radius 2 is 1.89 bits per heavy atom. The maximum atomic E-state index is 13.2. The summed E-state index contributed by atoms with van der Waals surface area (Å²) in [7, 11) is -4.02. The van der Waals surface area contributed by atoms with Crippen molar-refractivity contribution in [1.82, 2.24) is 24.3 Å². The lowest BCUT2D eigenvalue weighted by atomic mass is 9.92. The lowest BCUT2D eigenvalue weighted by Gasteiger charge is -2.33. The summed E-state index contributed by atoms with van der Waals surface area (Å²) in [6.45, 7) is 1.89. The molecule has 200 valence electrons. The highest BCUT2D eigenvalue weighted by molar-refractivity contribution is 7.89. The summed E-state index contributed by atoms with van der Waals surface area (Å²) in [6, 6.07) is 1.39. The van der Waals surface area contributed by atoms with Gasteiger partial charge in [-0.15, -0.1) is 10.2 Å². The Kier molecular flexibility index (Phi) is 6.26. The standard InChI is InChI=1S/C21H21F5N6O3S2/c1-20(4-5-20)30-37(34,35)12-8-13(31-6-2-11(3-7-31)15(33)21(24,25)26)17-27-9-14(32(17)10-12)18-28-29-19(36-18)16(22)23/h8-11,16,30H,2-7H2,1H3. The number of ketones is 1. The van der Waals surface area contributed by atoms with Crippen molar-refractivity contribution in [2.24, 2.45) is 5.92 Å². The summed E-state index contributed by atoms with van der Waals surface area (Å²) < 4.78 is 95.4. The largest absolute Gasteiger partial charge is 0.450 e. The molecule has 37 heavy (non-hydrogen) atoms. The molecular weight excluding hydrogens is 543 g/mol. The van der Waals surface area contributed by atoms with Crippen molar-refractivity contribution in [1.29, 1.82) is 0 Å². The highest BCUT2D eigenvalue weighted by Gasteiger charge is 2.44. The van der Waals surface area contributed by atoms with Crippen LogP contribution in [0.4, 0.5) is 27.6 Å². The summed E-state index contributed by atoms with van der Waals surface area (Å²) in [5.74, 6) is -2.95. The number of piperidine rings is 1. The fourth-order valence-corrected chi connectivity index (χ4v) is 6.48. The fraction of sp³-hybridized carbons (Fsp3) is 0.524. The number of anilines is 1. The number of halogens is 5. The fourth-order valence-electron chi connectivity index (χ4n) is 4.30. The molecule has 0 amide bonds. The van der Waals surface area contributed by atoms with E-state index in [1.54, 1.807) is 11.8 Å². The average Bonchev–Trinajstić information content (AvgIpc) is 3.22. The molecule has 16 heteroatoms. The lowest BCUT2D eigenvalue weighted by molar-refractivity contribution is -0.176. The first-order chi connectivity index (χ1) is 17.3. The van der Waals surface area contributed by atoms with Crippen LogP contribution in [0.1, 0.15) is 44.0 Å². The number of Topliss-reactive ketones (excluding diaryl/α,β-unsaturated/α-hetero) is 1. The Hall–Kier alpha value is -2.72. The first kappa shape index (κ1) is 25.9. The third-order valence-electron chi connectivity index (χ3n) is 6.58. The molecule has 5 rings (SSSR count). The first-order valence-electron chi connectivity index (χ1n) is 11.3. The van der Waals surface area contributed by atoms with Crippen LogP contribution in [0.2, 0.25) is 0 Å². The van der Waals surface area contributed by atoms with Crippen LogP contribution < -0.4 is 9.62 Å². The number of rotatable bonds is 7. The number of alkyl halides is 5. The quantitative estimate of drug-likeness (QED) is 0.433. The molecule has 9 nitrogen and oxygen atoms in total. The third kappa shape index (κ3) is 5.05. The molecule has 0 spiro atoms. The number of imidazole rings is 1. The summed E-state index contributed by atoms with van der Waals surface area (Å²) in [6.07, 6.45) is -3.91. The number of hydrogen-bond acceptors (Lipinski definition) is 8. The van der Waals surface area contributed by atoms with Crippen molar-refractivity contribution in [2.75, 3.05) is 18.0 Å². The second-order valence-electron chi connectivity index (χ2n) is 9.43. The molecule has 0 radical (unpaired) electrons. The number of nitrogens with zero attached hydrogens (tertiary/aromatic N) is 5. The molecule has 1 N–H and O–H groups in total. The van der Waals surface area contributed by atoms with Gasteiger partial charge in [0.05, 0.1) is 11.9 Å². The third-order valence-corrected chi connectivity index (χ3v) is 9.14. The molecule has 1 saturated heterocycles. The summed E-state index contributed by atoms with van der Waals surface area (Å²) in [5, 5.41) is 6.86. The minimum Gasteiger partial charge on any atom is -0.368 e. The summed E-state index contributed by atoms with van der Waals surface area (Å²) in [4.78, 5) is 17.6. The van der Waals surface area contributed by atoms with E-state index >= 15 is 0 Å². The average molecular weight is 565 g/mol. The lowest BCUT2D eigenvalue weighted by Crippen LogP contribution is -2.41. The van der Waals surface area contributed by atoms with Gasteiger partial charge in [0.15, 0.2) is 15.7 Å². The molecule has 0 aromatic carbocycles. The first-order valence-corrected chi connectivity index (χ1v) is 13.6. The van der Waals surface area contributed by atoms with Gasteiger partial charge in [0.1, 0.15) is 10.6 Å². The van der Waals surface area contributed by atoms with E-state index in [9.17, 15) is 35.2 Å². The van der Waals surface area contributed by atoms with Crippen LogP contribution >= 0.6 is 11.3 Å². The van der Waals surface area contributed by atoms with E-state index in [2.05, 4.69) is 19.9 Å². The van der Waals surface area contributed by atoms with Gasteiger partial charge < -0.3 is 4.90 Å². The molecule has 1 saturated carbocycles. The molecule has 0 unspecified atom stereocenters. The molecule has 1 aliphatic carbocycles. The Balaban J connectivity index is 1.56. The number of nitrogens with one attached hydrogen (secondary N) is 1. The zero-order valence-corrected chi connectivity index (χ0v) is 20.9. The minimum absolute atomic E-state index is 0.0628. The van der Waals surface area contributed by atoms with E-state index in [-0.39, 0.29) is 47.2 Å². The van der Waals surface area contributed by atoms with Gasteiger partial charge in [0.2, 0.25) is 15.8 Å². The number of sulfonamides is 1. The predicted molar refractivity (Wildman–Crippen MR) is 123 cm³/mol. The maximum Gasteiger partial charge on any atom is 0.450 e. The Bertz CT molecular complexity index is 1460. The van der Waals surface area contributed by atoms with E-state index in [1.807, 2.05) is 0 Å². The summed E-state index contributed by atoms with van der Waals surface area (Å²) in [5.41, 5.74) is 0.248. The molecule has 3 aromatic rings. The van der Waals surface area contributed by atoms with Gasteiger partial charge in [-0.1, -0.05) is 11.3 Å². The SMILES string of the molecule is CC1(NS(=O)(=O)c2cc(N3CCC(C(=O)C(F)(F)F)CC3)c3ncc(-c4nnc(C(F)F)s4)n3c2)CC1. The number of aromatic nitrogens is 4. The van der Waals surface area contributed by atoms with Crippen LogP contribution in [0.5, 0.6) is 0 Å². The number of carbonyl (C=O) groups excluding carboxylic acids is 1. The number of hydrogen-bond donors (Lipinski definition) is 1. The number of carbonyl (C=O) groups is 1. The van der Waals surface area contributed by atoms with Crippen molar-refractivity contribution < 1.29 is 35.2 Å². The van der Waals surface area contributed by atoms with E-state index < -0.39 is 44.9 Å². The van der Waals surface area contributed by atoms with Gasteiger partial charge in [0, 0.05) is 30.7 Å². The van der Waals surface area contributed by atoms with Gasteiger partial charge in [-0.25, -0.2) is 26.9 Å². The topological polar surface area (TPSA) is 110 Å². The highest BCUT2D eigenvalue weighted by Crippen LogP contribution is 2.38. The molecule has 4 heterocycles. The van der Waals surface area contributed by atoms with E-state index in [0.29, 0.717) is 29.9 Å². The highest BCUT2D eigenvalue weighted by atomic mass is 32.2. The van der Waals surface area contributed by atoms with Crippen LogP contribution in [0.3, 0.4) is 0 Å². The van der Waals surface area contributed by atoms with Crippen LogP contribution in [0.25, 0.3) is 16.3 Å². The van der Waals surface area contributed by atoms with E-state index in [4.69, 9.17) is 0 Å². The van der Waals surface area contributed by atoms with Crippen molar-refractivity contribution >= 4 is 38.5 Å². The Morgan fingerprint density at radius 3 is 2.46 bits per heavy atom. The van der Waals surface area contributed by atoms with Gasteiger partial charge in [-0.05, 0) is 38.7 Å². The molecular formula is C21H21F5N6O3S2. The van der Waals surface area contributed by atoms with Crippen LogP contribution in [0, 0.1) is 5.92 Å². The molecule has 2 fully saturated rings. The second kappa shape index (κ2) is 8.94. The molecule has 1 aliphatic heterocycles. The molecule has 0 atom stereocenters. The number of pyridine rings is 1. The smallest absolute Gasteiger partial charge is 0.368 e. The van der Waals surface area contributed by atoms with E-state index in [0.717, 1.165) is 0 Å². The second-order valence-corrected chi connectivity index (χ2v) is 12.1. The zero-order valence-electron chi connectivity index (χ0n) is 19.3. The normalized spacial score (nSPS) is 18.6. The van der Waals surface area contributed by atoms with Crippen molar-refractivity contribution in [3.8, 4) is 10.7 Å². The monoisotopic (exact) mass is 564 g/mol. The molecule has 3 aromatic heterocycles. The Morgan fingerprint density at radius 1 is 1.22 bits per heavy atom. The van der Waals surface area contributed by atoms with Gasteiger partial charge in [-0.3, -0.25) is 9.20 Å². The minimum atomic E-state index is -4.92. The van der Waals surface area contributed by atoms with Gasteiger partial charge in [-0.2, -0.15) is 13.2 Å². The van der Waals surface area contributed by atoms with Crippen LogP contribution in [-0.4, -0.2) is 58.6 Å². The maximum absolute atomic E-state index is 13.2. The Labute approximate surface area is 211 Å². The molecule has 2 aliphatic rings. The summed E-state index contributed by atoms with van der Waals surface area (Å²) >= 11 is 0.638. The van der Waals surface area contributed by atoms with Crippen molar-refractivity contribution in [3.63, 3.8) is 0 Å². The predicted octanol–water partition coefficient (Wildman–Crippen LogP) is 3.97. The molecule has 0 bridgehead atoms. The van der Waals surface area contributed by atoms with Crippen molar-refractivity contribution in [2.45, 2.75) is 55.6 Å². The van der Waals surface area contributed by atoms with Gasteiger partial charge >= 0.3 is 6.18 Å². The van der Waals surface area contributed by atoms with E-state index in [1.165, 1.54) is 22.9 Å². The van der Waals surface area contributed by atoms with Crippen molar-refractivity contribution in [3.05, 3.63) is 23.5 Å². The zero-order chi connectivity index (χ0) is 26.8.